The number of rotatable bonds is 3. The van der Waals surface area contributed by atoms with E-state index in [0.717, 1.165) is 5.92 Å². The molecule has 15 heavy (non-hydrogen) atoms. The monoisotopic (exact) mass is 211 g/mol. The predicted octanol–water partition coefficient (Wildman–Crippen LogP) is 3.59. The Labute approximate surface area is 93.6 Å². The summed E-state index contributed by atoms with van der Waals surface area (Å²) in [4.78, 5) is 0. The van der Waals surface area contributed by atoms with Crippen LogP contribution in [0.3, 0.4) is 0 Å². The highest BCUT2D eigenvalue weighted by Gasteiger charge is 2.47. The van der Waals surface area contributed by atoms with Crippen molar-refractivity contribution in [1.82, 2.24) is 5.06 Å². The fourth-order valence-electron chi connectivity index (χ4n) is 3.75. The SMILES string of the molecule is CCCCC12CCCC(CC(C)C1)N2O. The summed E-state index contributed by atoms with van der Waals surface area (Å²) in [5.41, 5.74) is 0.149. The van der Waals surface area contributed by atoms with E-state index in [1.807, 2.05) is 0 Å². The van der Waals surface area contributed by atoms with Crippen molar-refractivity contribution >= 4 is 0 Å². The van der Waals surface area contributed by atoms with Crippen molar-refractivity contribution in [3.8, 4) is 0 Å². The summed E-state index contributed by atoms with van der Waals surface area (Å²) in [6.07, 6.45) is 9.84. The maximum atomic E-state index is 10.3. The predicted molar refractivity (Wildman–Crippen MR) is 61.9 cm³/mol. The second-order valence-electron chi connectivity index (χ2n) is 5.76. The van der Waals surface area contributed by atoms with Crippen LogP contribution < -0.4 is 0 Å². The second-order valence-corrected chi connectivity index (χ2v) is 5.76. The van der Waals surface area contributed by atoms with Gasteiger partial charge in [-0.15, -0.1) is 0 Å². The van der Waals surface area contributed by atoms with Gasteiger partial charge in [0.1, 0.15) is 0 Å². The largest absolute Gasteiger partial charge is 0.313 e. The van der Waals surface area contributed by atoms with Gasteiger partial charge in [0, 0.05) is 11.6 Å². The van der Waals surface area contributed by atoms with E-state index < -0.39 is 0 Å². The molecule has 0 radical (unpaired) electrons. The summed E-state index contributed by atoms with van der Waals surface area (Å²) in [6.45, 7) is 4.59. The molecule has 2 heterocycles. The van der Waals surface area contributed by atoms with Crippen molar-refractivity contribution in [2.45, 2.75) is 76.8 Å². The van der Waals surface area contributed by atoms with Crippen LogP contribution in [0.5, 0.6) is 0 Å². The minimum atomic E-state index is 0.149. The van der Waals surface area contributed by atoms with Crippen molar-refractivity contribution in [3.05, 3.63) is 0 Å². The molecular weight excluding hydrogens is 186 g/mol. The highest BCUT2D eigenvalue weighted by atomic mass is 16.5. The fraction of sp³-hybridized carbons (Fsp3) is 1.00. The Morgan fingerprint density at radius 1 is 1.47 bits per heavy atom. The smallest absolute Gasteiger partial charge is 0.0466 e. The number of unbranched alkanes of at least 4 members (excludes halogenated alkanes) is 1. The quantitative estimate of drug-likeness (QED) is 0.771. The molecule has 2 aliphatic rings. The summed E-state index contributed by atoms with van der Waals surface area (Å²) in [5, 5.41) is 12.1. The zero-order valence-electron chi connectivity index (χ0n) is 10.2. The van der Waals surface area contributed by atoms with E-state index in [2.05, 4.69) is 13.8 Å². The molecule has 0 aromatic heterocycles. The van der Waals surface area contributed by atoms with E-state index in [0.29, 0.717) is 6.04 Å². The van der Waals surface area contributed by atoms with E-state index in [1.54, 1.807) is 5.06 Å². The van der Waals surface area contributed by atoms with Crippen molar-refractivity contribution in [1.29, 1.82) is 0 Å². The molecule has 0 amide bonds. The lowest BCUT2D eigenvalue weighted by molar-refractivity contribution is -0.250. The molecule has 2 fully saturated rings. The molecule has 2 heteroatoms. The van der Waals surface area contributed by atoms with Gasteiger partial charge in [0.25, 0.3) is 0 Å². The molecule has 0 aliphatic carbocycles. The number of nitrogens with zero attached hydrogens (tertiary/aromatic N) is 1. The summed E-state index contributed by atoms with van der Waals surface area (Å²) in [7, 11) is 0. The summed E-state index contributed by atoms with van der Waals surface area (Å²) in [5.74, 6) is 0.801. The van der Waals surface area contributed by atoms with Gasteiger partial charge in [-0.25, -0.2) is 0 Å². The first-order valence-electron chi connectivity index (χ1n) is 6.66. The first kappa shape index (κ1) is 11.4. The molecule has 3 unspecified atom stereocenters. The van der Waals surface area contributed by atoms with Gasteiger partial charge in [-0.1, -0.05) is 26.7 Å². The lowest BCUT2D eigenvalue weighted by Gasteiger charge is -2.53. The Bertz CT molecular complexity index is 219. The van der Waals surface area contributed by atoms with Gasteiger partial charge in [0.05, 0.1) is 0 Å². The molecule has 0 spiro atoms. The number of hydroxylamine groups is 2. The van der Waals surface area contributed by atoms with Crippen LogP contribution in [0.1, 0.15) is 65.2 Å². The van der Waals surface area contributed by atoms with Crippen LogP contribution in [0, 0.1) is 5.92 Å². The highest BCUT2D eigenvalue weighted by Crippen LogP contribution is 2.45. The van der Waals surface area contributed by atoms with Crippen molar-refractivity contribution < 1.29 is 5.21 Å². The van der Waals surface area contributed by atoms with Gasteiger partial charge < -0.3 is 5.21 Å². The molecule has 2 saturated heterocycles. The fourth-order valence-corrected chi connectivity index (χ4v) is 3.75. The van der Waals surface area contributed by atoms with Gasteiger partial charge in [0.15, 0.2) is 0 Å². The topological polar surface area (TPSA) is 23.5 Å². The Kier molecular flexibility index (Phi) is 3.36. The van der Waals surface area contributed by atoms with Gasteiger partial charge >= 0.3 is 0 Å². The summed E-state index contributed by atoms with van der Waals surface area (Å²) in [6, 6.07) is 0.458. The van der Waals surface area contributed by atoms with Crippen LogP contribution in [-0.4, -0.2) is 21.9 Å². The molecule has 2 aliphatic heterocycles. The molecule has 2 bridgehead atoms. The molecule has 0 aromatic carbocycles. The molecule has 88 valence electrons. The van der Waals surface area contributed by atoms with Gasteiger partial charge in [-0.2, -0.15) is 5.06 Å². The maximum absolute atomic E-state index is 10.3. The summed E-state index contributed by atoms with van der Waals surface area (Å²) >= 11 is 0. The van der Waals surface area contributed by atoms with Crippen LogP contribution in [0.25, 0.3) is 0 Å². The third-order valence-corrected chi connectivity index (χ3v) is 4.41. The lowest BCUT2D eigenvalue weighted by atomic mass is 9.69. The molecule has 1 N–H and O–H groups in total. The average molecular weight is 211 g/mol. The minimum absolute atomic E-state index is 0.149. The molecule has 0 aromatic rings. The Morgan fingerprint density at radius 3 is 3.00 bits per heavy atom. The third kappa shape index (κ3) is 2.07. The van der Waals surface area contributed by atoms with Crippen molar-refractivity contribution in [3.63, 3.8) is 0 Å². The van der Waals surface area contributed by atoms with E-state index in [1.165, 1.54) is 51.4 Å². The minimum Gasteiger partial charge on any atom is -0.313 e. The average Bonchev–Trinajstić information content (AvgIpc) is 2.18. The molecule has 3 atom stereocenters. The first-order valence-corrected chi connectivity index (χ1v) is 6.66. The second kappa shape index (κ2) is 4.42. The van der Waals surface area contributed by atoms with E-state index >= 15 is 0 Å². The number of fused-ring (bicyclic) bond motifs is 2. The zero-order valence-corrected chi connectivity index (χ0v) is 10.2. The van der Waals surface area contributed by atoms with Crippen LogP contribution >= 0.6 is 0 Å². The number of hydrogen-bond donors (Lipinski definition) is 1. The van der Waals surface area contributed by atoms with Crippen LogP contribution in [0.15, 0.2) is 0 Å². The van der Waals surface area contributed by atoms with Gasteiger partial charge in [-0.05, 0) is 44.4 Å². The Morgan fingerprint density at radius 2 is 2.27 bits per heavy atom. The molecule has 0 saturated carbocycles. The number of piperidine rings is 2. The normalized spacial score (nSPS) is 41.8. The van der Waals surface area contributed by atoms with Crippen LogP contribution in [0.4, 0.5) is 0 Å². The van der Waals surface area contributed by atoms with E-state index in [-0.39, 0.29) is 5.54 Å². The maximum Gasteiger partial charge on any atom is 0.0466 e. The Balaban J connectivity index is 2.10. The van der Waals surface area contributed by atoms with E-state index in [9.17, 15) is 5.21 Å². The molecular formula is C13H25NO. The van der Waals surface area contributed by atoms with Crippen molar-refractivity contribution in [2.24, 2.45) is 5.92 Å². The van der Waals surface area contributed by atoms with Gasteiger partial charge in [0.2, 0.25) is 0 Å². The molecule has 2 rings (SSSR count). The van der Waals surface area contributed by atoms with E-state index in [4.69, 9.17) is 0 Å². The van der Waals surface area contributed by atoms with Gasteiger partial charge in [-0.3, -0.25) is 0 Å². The first-order chi connectivity index (χ1) is 7.18. The molecule has 2 nitrogen and oxygen atoms in total. The summed E-state index contributed by atoms with van der Waals surface area (Å²) < 4.78 is 0. The number of hydrogen-bond acceptors (Lipinski definition) is 2. The third-order valence-electron chi connectivity index (χ3n) is 4.41. The highest BCUT2D eigenvalue weighted by molar-refractivity contribution is 4.99. The van der Waals surface area contributed by atoms with Crippen LogP contribution in [-0.2, 0) is 0 Å². The van der Waals surface area contributed by atoms with Crippen LogP contribution in [0.2, 0.25) is 0 Å². The zero-order chi connectivity index (χ0) is 10.9. The Hall–Kier alpha value is -0.0800. The van der Waals surface area contributed by atoms with Crippen molar-refractivity contribution in [2.75, 3.05) is 0 Å². The standard InChI is InChI=1S/C13H25NO/c1-3-4-7-13-8-5-6-12(14(13)15)9-11(2)10-13/h11-12,15H,3-10H2,1-2H3. The lowest BCUT2D eigenvalue weighted by Crippen LogP contribution is -2.59.